The quantitative estimate of drug-likeness (QED) is 0.352. The number of ether oxygens (including phenoxy) is 1. The molecule has 28 heavy (non-hydrogen) atoms. The zero-order valence-electron chi connectivity index (χ0n) is 15.2. The first kappa shape index (κ1) is 18.1. The molecule has 4 aromatic rings. The molecule has 2 aromatic heterocycles. The van der Waals surface area contributed by atoms with Crippen molar-refractivity contribution >= 4 is 28.5 Å². The average molecular weight is 394 g/mol. The van der Waals surface area contributed by atoms with E-state index < -0.39 is 12.1 Å². The molecule has 2 aromatic carbocycles. The molecule has 0 saturated carbocycles. The third kappa shape index (κ3) is 3.73. The monoisotopic (exact) mass is 393 g/mol. The second-order valence-electron chi connectivity index (χ2n) is 6.40. The lowest BCUT2D eigenvalue weighted by molar-refractivity contribution is 0.0280. The topological polar surface area (TPSA) is 78.1 Å². The molecule has 0 radical (unpaired) electrons. The van der Waals surface area contributed by atoms with E-state index in [1.165, 1.54) is 0 Å². The summed E-state index contributed by atoms with van der Waals surface area (Å²) in [6.07, 6.45) is -0.682. The van der Waals surface area contributed by atoms with Crippen LogP contribution < -0.4 is 0 Å². The highest BCUT2D eigenvalue weighted by molar-refractivity contribution is 6.29. The summed E-state index contributed by atoms with van der Waals surface area (Å²) < 4.78 is 11.1. The highest BCUT2D eigenvalue weighted by atomic mass is 35.5. The third-order valence-corrected chi connectivity index (χ3v) is 4.47. The van der Waals surface area contributed by atoms with E-state index in [2.05, 4.69) is 15.2 Å². The first-order valence-corrected chi connectivity index (χ1v) is 9.05. The van der Waals surface area contributed by atoms with Crippen molar-refractivity contribution in [3.05, 3.63) is 76.8 Å². The fraction of sp³-hybridized carbons (Fsp3) is 0.143. The van der Waals surface area contributed by atoms with Gasteiger partial charge in [-0.25, -0.2) is 9.78 Å². The molecule has 0 N–H and O–H groups in total. The molecule has 4 rings (SSSR count). The van der Waals surface area contributed by atoms with Crippen LogP contribution in [0, 0.1) is 6.92 Å². The fourth-order valence-electron chi connectivity index (χ4n) is 2.72. The van der Waals surface area contributed by atoms with Crippen molar-refractivity contribution in [1.82, 2.24) is 15.2 Å². The lowest BCUT2D eigenvalue weighted by Crippen LogP contribution is -2.09. The van der Waals surface area contributed by atoms with Gasteiger partial charge in [0.15, 0.2) is 6.10 Å². The maximum atomic E-state index is 12.5. The highest BCUT2D eigenvalue weighted by Gasteiger charge is 2.20. The molecule has 0 spiro atoms. The Kier molecular flexibility index (Phi) is 4.79. The number of aromatic nitrogens is 3. The SMILES string of the molecule is Cc1ccc(-c2nnc(C(C)OC(=O)c3ccc4nc(Cl)ccc4c3)o2)cc1. The van der Waals surface area contributed by atoms with Crippen molar-refractivity contribution in [3.8, 4) is 11.5 Å². The van der Waals surface area contributed by atoms with E-state index in [4.69, 9.17) is 20.8 Å². The lowest BCUT2D eigenvalue weighted by Gasteiger charge is -2.10. The van der Waals surface area contributed by atoms with E-state index in [0.717, 1.165) is 16.5 Å². The largest absolute Gasteiger partial charge is 0.449 e. The number of aryl methyl sites for hydroxylation is 1. The van der Waals surface area contributed by atoms with Crippen LogP contribution in [0.3, 0.4) is 0 Å². The van der Waals surface area contributed by atoms with Gasteiger partial charge in [-0.1, -0.05) is 29.3 Å². The number of carbonyl (C=O) groups excluding carboxylic acids is 1. The Morgan fingerprint density at radius 2 is 1.86 bits per heavy atom. The normalized spacial score (nSPS) is 12.1. The molecule has 0 aliphatic heterocycles. The number of esters is 1. The minimum Gasteiger partial charge on any atom is -0.449 e. The van der Waals surface area contributed by atoms with Crippen LogP contribution in [0.25, 0.3) is 22.4 Å². The Balaban J connectivity index is 1.50. The number of pyridine rings is 1. The van der Waals surface area contributed by atoms with Gasteiger partial charge < -0.3 is 9.15 Å². The van der Waals surface area contributed by atoms with E-state index >= 15 is 0 Å². The number of benzene rings is 2. The van der Waals surface area contributed by atoms with Crippen molar-refractivity contribution in [2.75, 3.05) is 0 Å². The van der Waals surface area contributed by atoms with Gasteiger partial charge >= 0.3 is 5.97 Å². The first-order valence-electron chi connectivity index (χ1n) is 8.67. The molecule has 7 heteroatoms. The molecule has 0 amide bonds. The molecular weight excluding hydrogens is 378 g/mol. The molecule has 1 unspecified atom stereocenters. The van der Waals surface area contributed by atoms with Gasteiger partial charge in [-0.3, -0.25) is 0 Å². The van der Waals surface area contributed by atoms with Crippen LogP contribution in [-0.2, 0) is 4.74 Å². The minimum absolute atomic E-state index is 0.234. The Morgan fingerprint density at radius 3 is 2.64 bits per heavy atom. The van der Waals surface area contributed by atoms with Gasteiger partial charge in [-0.15, -0.1) is 10.2 Å². The number of rotatable bonds is 4. The van der Waals surface area contributed by atoms with Gasteiger partial charge in [0.2, 0.25) is 5.89 Å². The van der Waals surface area contributed by atoms with Crippen molar-refractivity contribution in [1.29, 1.82) is 0 Å². The van der Waals surface area contributed by atoms with Crippen molar-refractivity contribution in [2.45, 2.75) is 20.0 Å². The molecule has 6 nitrogen and oxygen atoms in total. The van der Waals surface area contributed by atoms with Gasteiger partial charge in [0.1, 0.15) is 5.15 Å². The summed E-state index contributed by atoms with van der Waals surface area (Å²) in [5.74, 6) is 0.129. The summed E-state index contributed by atoms with van der Waals surface area (Å²) in [4.78, 5) is 16.7. The number of halogens is 1. The maximum absolute atomic E-state index is 12.5. The third-order valence-electron chi connectivity index (χ3n) is 4.26. The molecule has 140 valence electrons. The van der Waals surface area contributed by atoms with Gasteiger partial charge in [0, 0.05) is 10.9 Å². The van der Waals surface area contributed by atoms with Crippen LogP contribution in [0.5, 0.6) is 0 Å². The van der Waals surface area contributed by atoms with Crippen LogP contribution in [0.1, 0.15) is 34.8 Å². The van der Waals surface area contributed by atoms with E-state index in [0.29, 0.717) is 22.1 Å². The standard InChI is InChI=1S/C21H16ClN3O3/c1-12-3-5-14(6-4-12)20-25-24-19(28-20)13(2)27-21(26)16-7-9-17-15(11-16)8-10-18(22)23-17/h3-11,13H,1-2H3. The predicted molar refractivity (Wildman–Crippen MR) is 105 cm³/mol. The van der Waals surface area contributed by atoms with E-state index in [1.54, 1.807) is 37.3 Å². The second kappa shape index (κ2) is 7.40. The Bertz CT molecular complexity index is 1160. The zero-order valence-corrected chi connectivity index (χ0v) is 16.0. The maximum Gasteiger partial charge on any atom is 0.338 e. The van der Waals surface area contributed by atoms with Gasteiger partial charge in [-0.05, 0) is 56.3 Å². The molecule has 1 atom stereocenters. The number of nitrogens with zero attached hydrogens (tertiary/aromatic N) is 3. The van der Waals surface area contributed by atoms with Gasteiger partial charge in [0.05, 0.1) is 11.1 Å². The van der Waals surface area contributed by atoms with E-state index in [9.17, 15) is 4.79 Å². The summed E-state index contributed by atoms with van der Waals surface area (Å²) in [5, 5.41) is 9.24. The fourth-order valence-corrected chi connectivity index (χ4v) is 2.87. The number of carbonyl (C=O) groups is 1. The number of hydrogen-bond donors (Lipinski definition) is 0. The van der Waals surface area contributed by atoms with Gasteiger partial charge in [0.25, 0.3) is 5.89 Å². The Hall–Kier alpha value is -3.25. The summed E-state index contributed by atoms with van der Waals surface area (Å²) in [7, 11) is 0. The molecule has 0 fully saturated rings. The van der Waals surface area contributed by atoms with Crippen LogP contribution >= 0.6 is 11.6 Å². The Labute approximate surface area is 166 Å². The van der Waals surface area contributed by atoms with Crippen molar-refractivity contribution < 1.29 is 13.9 Å². The van der Waals surface area contributed by atoms with Crippen LogP contribution in [0.4, 0.5) is 0 Å². The van der Waals surface area contributed by atoms with Crippen molar-refractivity contribution in [2.24, 2.45) is 0 Å². The average Bonchev–Trinajstić information content (AvgIpc) is 3.18. The van der Waals surface area contributed by atoms with E-state index in [-0.39, 0.29) is 5.89 Å². The zero-order chi connectivity index (χ0) is 19.7. The minimum atomic E-state index is -0.682. The highest BCUT2D eigenvalue weighted by Crippen LogP contribution is 2.24. The second-order valence-corrected chi connectivity index (χ2v) is 6.79. The Morgan fingerprint density at radius 1 is 1.07 bits per heavy atom. The van der Waals surface area contributed by atoms with Gasteiger partial charge in [-0.2, -0.15) is 0 Å². The summed E-state index contributed by atoms with van der Waals surface area (Å²) in [5.41, 5.74) is 3.06. The number of fused-ring (bicyclic) bond motifs is 1. The summed E-state index contributed by atoms with van der Waals surface area (Å²) >= 11 is 5.89. The molecule has 0 saturated heterocycles. The molecule has 0 bridgehead atoms. The smallest absolute Gasteiger partial charge is 0.338 e. The molecule has 2 heterocycles. The number of hydrogen-bond acceptors (Lipinski definition) is 6. The summed E-state index contributed by atoms with van der Waals surface area (Å²) in [6.45, 7) is 3.69. The van der Waals surface area contributed by atoms with Crippen LogP contribution in [-0.4, -0.2) is 21.2 Å². The summed E-state index contributed by atoms with van der Waals surface area (Å²) in [6, 6.07) is 16.3. The van der Waals surface area contributed by atoms with Crippen molar-refractivity contribution in [3.63, 3.8) is 0 Å². The van der Waals surface area contributed by atoms with Crippen LogP contribution in [0.2, 0.25) is 5.15 Å². The molecule has 0 aliphatic carbocycles. The first-order chi connectivity index (χ1) is 13.5. The molecular formula is C21H16ClN3O3. The molecule has 0 aliphatic rings. The predicted octanol–water partition coefficient (Wildman–Crippen LogP) is 5.16. The lowest BCUT2D eigenvalue weighted by atomic mass is 10.1. The van der Waals surface area contributed by atoms with Crippen LogP contribution in [0.15, 0.2) is 59.0 Å². The van der Waals surface area contributed by atoms with E-state index in [1.807, 2.05) is 31.2 Å².